The minimum Gasteiger partial charge on any atom is -0.369 e. The van der Waals surface area contributed by atoms with Crippen LogP contribution in [0.15, 0.2) is 59.4 Å². The smallest absolute Gasteiger partial charge is 0.274 e. The summed E-state index contributed by atoms with van der Waals surface area (Å²) in [6.45, 7) is 4.69. The fourth-order valence-corrected chi connectivity index (χ4v) is 4.13. The summed E-state index contributed by atoms with van der Waals surface area (Å²) < 4.78 is 16.6. The molecule has 0 radical (unpaired) electrons. The van der Waals surface area contributed by atoms with Crippen LogP contribution in [0.2, 0.25) is 5.02 Å². The Balaban J connectivity index is 1.68. The highest BCUT2D eigenvalue weighted by Crippen LogP contribution is 2.31. The van der Waals surface area contributed by atoms with Crippen molar-refractivity contribution in [3.05, 3.63) is 87.0 Å². The highest BCUT2D eigenvalue weighted by Gasteiger charge is 2.19. The van der Waals surface area contributed by atoms with Crippen LogP contribution in [0, 0.1) is 17.3 Å². The summed E-state index contributed by atoms with van der Waals surface area (Å²) in [5.41, 5.74) is 1.40. The molecule has 2 heterocycles. The van der Waals surface area contributed by atoms with E-state index in [1.165, 1.54) is 10.7 Å². The molecule has 0 spiro atoms. The number of rotatable bonds is 10. The molecule has 0 aliphatic heterocycles. The number of anilines is 1. The van der Waals surface area contributed by atoms with Crippen LogP contribution < -0.4 is 16.2 Å². The largest absolute Gasteiger partial charge is 0.369 e. The molecule has 4 rings (SSSR count). The maximum Gasteiger partial charge on any atom is 0.274 e. The Hall–Kier alpha value is -3.80. The predicted molar refractivity (Wildman–Crippen MR) is 141 cm³/mol. The summed E-state index contributed by atoms with van der Waals surface area (Å²) in [6.07, 6.45) is 1.87. The van der Waals surface area contributed by atoms with E-state index in [9.17, 15) is 4.79 Å². The van der Waals surface area contributed by atoms with Crippen LogP contribution in [0.3, 0.4) is 0 Å². The molecular weight excluding hydrogens is 479 g/mol. The molecule has 0 unspecified atom stereocenters. The molecule has 184 valence electrons. The van der Waals surface area contributed by atoms with Crippen molar-refractivity contribution in [2.75, 3.05) is 25.0 Å². The van der Waals surface area contributed by atoms with Crippen LogP contribution in [0.1, 0.15) is 30.9 Å². The van der Waals surface area contributed by atoms with Crippen molar-refractivity contribution in [1.29, 1.82) is 5.26 Å². The van der Waals surface area contributed by atoms with Crippen LogP contribution in [0.5, 0.6) is 0 Å². The van der Waals surface area contributed by atoms with Gasteiger partial charge in [-0.25, -0.2) is 9.67 Å². The topological polar surface area (TPSA) is 95.6 Å². The van der Waals surface area contributed by atoms with E-state index >= 15 is 4.39 Å². The fourth-order valence-electron chi connectivity index (χ4n) is 3.91. The fraction of sp³-hybridized carbons (Fsp3) is 0.259. The number of nitrogens with zero attached hydrogens (tertiary/aromatic N) is 4. The van der Waals surface area contributed by atoms with E-state index in [0.29, 0.717) is 22.9 Å². The van der Waals surface area contributed by atoms with E-state index in [1.54, 1.807) is 48.5 Å². The van der Waals surface area contributed by atoms with E-state index in [4.69, 9.17) is 16.9 Å². The lowest BCUT2D eigenvalue weighted by molar-refractivity contribution is 0.585. The maximum absolute atomic E-state index is 15.3. The number of hydrogen-bond acceptors (Lipinski definition) is 6. The van der Waals surface area contributed by atoms with Crippen molar-refractivity contribution in [1.82, 2.24) is 20.1 Å². The van der Waals surface area contributed by atoms with Gasteiger partial charge in [-0.2, -0.15) is 14.8 Å². The summed E-state index contributed by atoms with van der Waals surface area (Å²) in [5, 5.41) is 21.1. The van der Waals surface area contributed by atoms with E-state index in [-0.39, 0.29) is 34.2 Å². The summed E-state index contributed by atoms with van der Waals surface area (Å²) >= 11 is 6.47. The molecular formula is C27H26ClFN6O. The van der Waals surface area contributed by atoms with Gasteiger partial charge in [0.1, 0.15) is 11.5 Å². The summed E-state index contributed by atoms with van der Waals surface area (Å²) in [5.74, 6) is -0.452. The second kappa shape index (κ2) is 11.8. The van der Waals surface area contributed by atoms with Gasteiger partial charge in [0.2, 0.25) is 5.95 Å². The maximum atomic E-state index is 15.3. The number of halogens is 2. The molecule has 0 fully saturated rings. The summed E-state index contributed by atoms with van der Waals surface area (Å²) in [7, 11) is 0. The highest BCUT2D eigenvalue weighted by atomic mass is 35.5. The van der Waals surface area contributed by atoms with Gasteiger partial charge in [0, 0.05) is 11.9 Å². The molecule has 2 N–H and O–H groups in total. The van der Waals surface area contributed by atoms with Crippen molar-refractivity contribution < 1.29 is 4.39 Å². The Labute approximate surface area is 213 Å². The van der Waals surface area contributed by atoms with Gasteiger partial charge in [-0.05, 0) is 55.8 Å². The lowest BCUT2D eigenvalue weighted by atomic mass is 10.1. The molecule has 0 atom stereocenters. The number of pyridine rings is 1. The molecule has 9 heteroatoms. The second-order valence-corrected chi connectivity index (χ2v) is 8.72. The first kappa shape index (κ1) is 25.3. The molecule has 4 aromatic rings. The van der Waals surface area contributed by atoms with Crippen molar-refractivity contribution in [3.8, 4) is 17.3 Å². The SMILES string of the molecule is CCNCCCCNc1nc(F)c(-c2nn(Cc3ccc(C#N)cc3)c(=O)c3ccccc23)cc1Cl. The third-order valence-electron chi connectivity index (χ3n) is 5.79. The van der Waals surface area contributed by atoms with Gasteiger partial charge < -0.3 is 10.6 Å². The number of aromatic nitrogens is 3. The van der Waals surface area contributed by atoms with Crippen LogP contribution in [0.25, 0.3) is 22.0 Å². The summed E-state index contributed by atoms with van der Waals surface area (Å²) in [6, 6.07) is 17.4. The number of benzene rings is 2. The molecule has 0 amide bonds. The Kier molecular flexibility index (Phi) is 8.26. The van der Waals surface area contributed by atoms with E-state index in [1.807, 2.05) is 0 Å². The zero-order valence-corrected chi connectivity index (χ0v) is 20.6. The average Bonchev–Trinajstić information content (AvgIpc) is 2.90. The third-order valence-corrected chi connectivity index (χ3v) is 6.08. The van der Waals surface area contributed by atoms with Crippen molar-refractivity contribution in [2.24, 2.45) is 0 Å². The first-order chi connectivity index (χ1) is 17.5. The van der Waals surface area contributed by atoms with E-state index in [2.05, 4.69) is 33.7 Å². The van der Waals surface area contributed by atoms with Crippen LogP contribution in [-0.4, -0.2) is 34.4 Å². The number of hydrogen-bond donors (Lipinski definition) is 2. The Morgan fingerprint density at radius 1 is 1.08 bits per heavy atom. The lowest BCUT2D eigenvalue weighted by Crippen LogP contribution is -2.24. The molecule has 36 heavy (non-hydrogen) atoms. The predicted octanol–water partition coefficient (Wildman–Crippen LogP) is 4.97. The third kappa shape index (κ3) is 5.70. The van der Waals surface area contributed by atoms with Gasteiger partial charge in [-0.3, -0.25) is 4.79 Å². The molecule has 0 aliphatic rings. The normalized spacial score (nSPS) is 10.9. The van der Waals surface area contributed by atoms with E-state index in [0.717, 1.165) is 31.5 Å². The molecule has 0 bridgehead atoms. The minimum atomic E-state index is -0.726. The lowest BCUT2D eigenvalue weighted by Gasteiger charge is -2.14. The second-order valence-electron chi connectivity index (χ2n) is 8.31. The summed E-state index contributed by atoms with van der Waals surface area (Å²) in [4.78, 5) is 17.2. The molecule has 0 aliphatic carbocycles. The minimum absolute atomic E-state index is 0.113. The number of unbranched alkanes of at least 4 members (excludes halogenated alkanes) is 1. The van der Waals surface area contributed by atoms with E-state index < -0.39 is 5.95 Å². The van der Waals surface area contributed by atoms with Crippen LogP contribution in [0.4, 0.5) is 10.2 Å². The van der Waals surface area contributed by atoms with Gasteiger partial charge >= 0.3 is 0 Å². The number of nitriles is 1. The molecule has 7 nitrogen and oxygen atoms in total. The average molecular weight is 505 g/mol. The molecule has 0 saturated carbocycles. The van der Waals surface area contributed by atoms with Crippen LogP contribution >= 0.6 is 11.6 Å². The first-order valence-corrected chi connectivity index (χ1v) is 12.2. The van der Waals surface area contributed by atoms with Gasteiger partial charge in [0.25, 0.3) is 5.56 Å². The Bertz CT molecular complexity index is 1460. The van der Waals surface area contributed by atoms with Crippen molar-refractivity contribution in [2.45, 2.75) is 26.3 Å². The Morgan fingerprint density at radius 3 is 2.53 bits per heavy atom. The van der Waals surface area contributed by atoms with Gasteiger partial charge in [0.15, 0.2) is 0 Å². The zero-order valence-electron chi connectivity index (χ0n) is 19.9. The van der Waals surface area contributed by atoms with Gasteiger partial charge in [-0.1, -0.05) is 48.9 Å². The number of fused-ring (bicyclic) bond motifs is 1. The quantitative estimate of drug-likeness (QED) is 0.234. The number of nitrogens with one attached hydrogen (secondary N) is 2. The monoisotopic (exact) mass is 504 g/mol. The van der Waals surface area contributed by atoms with Gasteiger partial charge in [-0.15, -0.1) is 0 Å². The van der Waals surface area contributed by atoms with Gasteiger partial charge in [0.05, 0.1) is 34.1 Å². The first-order valence-electron chi connectivity index (χ1n) is 11.8. The highest BCUT2D eigenvalue weighted by molar-refractivity contribution is 6.33. The molecule has 0 saturated heterocycles. The van der Waals surface area contributed by atoms with Crippen molar-refractivity contribution in [3.63, 3.8) is 0 Å². The zero-order chi connectivity index (χ0) is 25.5. The molecule has 2 aromatic carbocycles. The van der Waals surface area contributed by atoms with Crippen molar-refractivity contribution >= 4 is 28.2 Å². The standard InChI is InChI=1S/C27H26ClFN6O/c1-2-31-13-5-6-14-32-26-23(28)15-22(25(29)33-26)24-20-7-3-4-8-21(20)27(36)35(34-24)17-19-11-9-18(16-30)10-12-19/h3-4,7-12,15,31H,2,5-6,13-14,17H2,1H3,(H,32,33). The van der Waals surface area contributed by atoms with Crippen LogP contribution in [-0.2, 0) is 6.54 Å². The molecule has 2 aromatic heterocycles. The Morgan fingerprint density at radius 2 is 1.81 bits per heavy atom.